The van der Waals surface area contributed by atoms with Gasteiger partial charge in [0.05, 0.1) is 6.61 Å². The molecule has 0 atom stereocenters. The molecule has 6 heavy (non-hydrogen) atoms. The van der Waals surface area contributed by atoms with Crippen LogP contribution in [0.5, 0.6) is 0 Å². The molecule has 0 saturated heterocycles. The van der Waals surface area contributed by atoms with Gasteiger partial charge in [-0.2, -0.15) is 0 Å². The second-order valence-electron chi connectivity index (χ2n) is 0.647. The van der Waals surface area contributed by atoms with E-state index >= 15 is 0 Å². The summed E-state index contributed by atoms with van der Waals surface area (Å²) < 4.78 is 0. The van der Waals surface area contributed by atoms with Gasteiger partial charge in [0.25, 0.3) is 0 Å². The molecule has 0 unspecified atom stereocenters. The zero-order valence-electron chi connectivity index (χ0n) is 3.56. The predicted octanol–water partition coefficient (Wildman–Crippen LogP) is -0.579. The summed E-state index contributed by atoms with van der Waals surface area (Å²) >= 11 is 0. The third-order valence-electron chi connectivity index (χ3n) is 0.262. The van der Waals surface area contributed by atoms with E-state index in [-0.39, 0.29) is 0 Å². The number of nitrogens with one attached hydrogen (secondary N) is 2. The van der Waals surface area contributed by atoms with E-state index in [0.29, 0.717) is 6.61 Å². The molecule has 0 saturated carbocycles. The number of hydrogen-bond acceptors (Lipinski definition) is 4. The van der Waals surface area contributed by atoms with Gasteiger partial charge in [-0.25, -0.2) is 0 Å². The van der Waals surface area contributed by atoms with Gasteiger partial charge >= 0.3 is 0 Å². The lowest BCUT2D eigenvalue weighted by Crippen LogP contribution is -2.27. The molecule has 0 heterocycles. The van der Waals surface area contributed by atoms with Gasteiger partial charge in [0.15, 0.2) is 0 Å². The molecule has 0 aliphatic heterocycles. The van der Waals surface area contributed by atoms with E-state index in [1.54, 1.807) is 12.5 Å². The summed E-state index contributed by atoms with van der Waals surface area (Å²) in [6.45, 7) is 2.32. The van der Waals surface area contributed by atoms with Crippen LogP contribution in [0.4, 0.5) is 0 Å². The summed E-state index contributed by atoms with van der Waals surface area (Å²) in [5.74, 6) is 0. The molecule has 0 aromatic heterocycles. The van der Waals surface area contributed by atoms with Crippen LogP contribution in [-0.2, 0) is 4.84 Å². The molecule has 0 amide bonds. The maximum absolute atomic E-state index is 7.71. The molecule has 0 bridgehead atoms. The quantitative estimate of drug-likeness (QED) is 0.322. The molecule has 0 rings (SSSR count). The van der Waals surface area contributed by atoms with Crippen molar-refractivity contribution in [3.63, 3.8) is 0 Å². The lowest BCUT2D eigenvalue weighted by Gasteiger charge is -1.94. The van der Waals surface area contributed by atoms with Crippen LogP contribution in [0.3, 0.4) is 0 Å². The van der Waals surface area contributed by atoms with Gasteiger partial charge in [-0.15, -0.1) is 11.2 Å². The van der Waals surface area contributed by atoms with Gasteiger partial charge in [-0.1, -0.05) is 0 Å². The summed E-state index contributed by atoms with van der Waals surface area (Å²) in [7, 11) is 0. The lowest BCUT2D eigenvalue weighted by molar-refractivity contribution is -0.0674. The summed E-state index contributed by atoms with van der Waals surface area (Å²) in [4.78, 5) is 4.37. The van der Waals surface area contributed by atoms with Crippen molar-refractivity contribution >= 4 is 0 Å². The summed E-state index contributed by atoms with van der Waals surface area (Å²) in [5, 5.41) is 7.71. The van der Waals surface area contributed by atoms with Gasteiger partial charge < -0.3 is 5.21 Å². The molecule has 0 aromatic carbocycles. The molecule has 0 aromatic rings. The van der Waals surface area contributed by atoms with E-state index in [4.69, 9.17) is 5.21 Å². The van der Waals surface area contributed by atoms with Crippen molar-refractivity contribution in [2.75, 3.05) is 6.61 Å². The van der Waals surface area contributed by atoms with E-state index in [2.05, 4.69) is 4.84 Å². The third-order valence-corrected chi connectivity index (χ3v) is 0.262. The molecule has 0 radical (unpaired) electrons. The molecule has 0 aliphatic rings. The Balaban J connectivity index is 2.34. The van der Waals surface area contributed by atoms with Crippen LogP contribution in [-0.4, -0.2) is 11.8 Å². The van der Waals surface area contributed by atoms with Crippen molar-refractivity contribution < 1.29 is 10.0 Å². The average Bonchev–Trinajstić information content (AvgIpc) is 1.61. The van der Waals surface area contributed by atoms with Gasteiger partial charge in [0.2, 0.25) is 0 Å². The van der Waals surface area contributed by atoms with Crippen LogP contribution in [0.25, 0.3) is 0 Å². The van der Waals surface area contributed by atoms with E-state index in [1.807, 2.05) is 5.59 Å². The molecule has 0 fully saturated rings. The van der Waals surface area contributed by atoms with Crippen molar-refractivity contribution in [3.8, 4) is 0 Å². The average molecular weight is 92.1 g/mol. The summed E-state index contributed by atoms with van der Waals surface area (Å²) in [5.41, 5.74) is 3.60. The van der Waals surface area contributed by atoms with Crippen LogP contribution in [0.1, 0.15) is 6.92 Å². The van der Waals surface area contributed by atoms with Gasteiger partial charge in [-0.3, -0.25) is 4.84 Å². The first-order valence-corrected chi connectivity index (χ1v) is 1.67. The fraction of sp³-hybridized carbons (Fsp3) is 1.00. The van der Waals surface area contributed by atoms with E-state index in [0.717, 1.165) is 0 Å². The molecule has 4 nitrogen and oxygen atoms in total. The lowest BCUT2D eigenvalue weighted by atomic mass is 10.9. The highest BCUT2D eigenvalue weighted by molar-refractivity contribution is 3.96. The minimum atomic E-state index is 0.521. The van der Waals surface area contributed by atoms with E-state index in [9.17, 15) is 0 Å². The largest absolute Gasteiger partial charge is 0.300 e. The molecule has 4 heteroatoms. The number of rotatable bonds is 3. The Kier molecular flexibility index (Phi) is 4.71. The highest BCUT2D eigenvalue weighted by atomic mass is 16.7. The molecular weight excluding hydrogens is 84.0 g/mol. The van der Waals surface area contributed by atoms with Crippen LogP contribution >= 0.6 is 0 Å². The molecule has 0 aliphatic carbocycles. The Morgan fingerprint density at radius 1 is 1.83 bits per heavy atom. The van der Waals surface area contributed by atoms with Crippen molar-refractivity contribution in [3.05, 3.63) is 0 Å². The normalized spacial score (nSPS) is 9.00. The molecule has 3 N–H and O–H groups in total. The SMILES string of the molecule is CCONNO. The minimum Gasteiger partial charge on any atom is -0.300 e. The van der Waals surface area contributed by atoms with Crippen molar-refractivity contribution in [1.82, 2.24) is 11.2 Å². The maximum atomic E-state index is 7.71. The predicted molar refractivity (Wildman–Crippen MR) is 19.7 cm³/mol. The van der Waals surface area contributed by atoms with Crippen molar-refractivity contribution in [2.45, 2.75) is 6.92 Å². The molecule has 0 spiro atoms. The highest BCUT2D eigenvalue weighted by Gasteiger charge is 1.68. The van der Waals surface area contributed by atoms with Crippen LogP contribution < -0.4 is 11.2 Å². The van der Waals surface area contributed by atoms with Crippen molar-refractivity contribution in [2.24, 2.45) is 0 Å². The standard InChI is InChI=1S/C2H8N2O2/c1-2-6-4-3-5/h3-5H,2H2,1H3. The Morgan fingerprint density at radius 3 is 2.67 bits per heavy atom. The zero-order valence-corrected chi connectivity index (χ0v) is 3.56. The Bertz CT molecular complexity index is 21.5. The van der Waals surface area contributed by atoms with Crippen LogP contribution in [0.2, 0.25) is 0 Å². The maximum Gasteiger partial charge on any atom is 0.0671 e. The smallest absolute Gasteiger partial charge is 0.0671 e. The second kappa shape index (κ2) is 4.84. The fourth-order valence-corrected chi connectivity index (χ4v) is 0.104. The zero-order chi connectivity index (χ0) is 4.83. The summed E-state index contributed by atoms with van der Waals surface area (Å²) in [6, 6.07) is 0. The first-order valence-electron chi connectivity index (χ1n) is 1.67. The number of hydrogen-bond donors (Lipinski definition) is 3. The Labute approximate surface area is 36.0 Å². The summed E-state index contributed by atoms with van der Waals surface area (Å²) in [6.07, 6.45) is 0. The minimum absolute atomic E-state index is 0.521. The fourth-order valence-electron chi connectivity index (χ4n) is 0.104. The Morgan fingerprint density at radius 2 is 2.50 bits per heavy atom. The molecule has 38 valence electrons. The topological polar surface area (TPSA) is 53.5 Å². The van der Waals surface area contributed by atoms with Crippen molar-refractivity contribution in [1.29, 1.82) is 0 Å². The van der Waals surface area contributed by atoms with Crippen LogP contribution in [0.15, 0.2) is 0 Å². The van der Waals surface area contributed by atoms with Gasteiger partial charge in [0.1, 0.15) is 0 Å². The van der Waals surface area contributed by atoms with Crippen LogP contribution in [0, 0.1) is 0 Å². The molecular formula is C2H8N2O2. The van der Waals surface area contributed by atoms with E-state index in [1.165, 1.54) is 0 Å². The first-order chi connectivity index (χ1) is 2.91. The first kappa shape index (κ1) is 5.84. The number of hydrazine groups is 1. The van der Waals surface area contributed by atoms with Gasteiger partial charge in [0, 0.05) is 0 Å². The highest BCUT2D eigenvalue weighted by Crippen LogP contribution is 1.53. The Hall–Kier alpha value is -0.160. The monoisotopic (exact) mass is 92.1 g/mol. The van der Waals surface area contributed by atoms with Gasteiger partial charge in [-0.05, 0) is 6.92 Å². The van der Waals surface area contributed by atoms with E-state index < -0.39 is 0 Å². The third kappa shape index (κ3) is 3.84. The second-order valence-corrected chi connectivity index (χ2v) is 0.647.